The normalized spacial score (nSPS) is 12.2. The highest BCUT2D eigenvalue weighted by molar-refractivity contribution is 5.91. The Bertz CT molecular complexity index is 634. The number of carbonyl (C=O) groups is 1. The van der Waals surface area contributed by atoms with Crippen molar-refractivity contribution in [3.63, 3.8) is 0 Å². The van der Waals surface area contributed by atoms with Crippen molar-refractivity contribution in [3.8, 4) is 5.69 Å². The minimum Gasteiger partial charge on any atom is -0.343 e. The van der Waals surface area contributed by atoms with E-state index in [4.69, 9.17) is 5.73 Å². The van der Waals surface area contributed by atoms with Gasteiger partial charge in [0.1, 0.15) is 11.5 Å². The quantitative estimate of drug-likeness (QED) is 0.928. The zero-order chi connectivity index (χ0) is 14.9. The van der Waals surface area contributed by atoms with Gasteiger partial charge in [-0.25, -0.2) is 9.07 Å². The average molecular weight is 276 g/mol. The maximum absolute atomic E-state index is 14.1. The molecule has 0 aliphatic rings. The Morgan fingerprint density at radius 2 is 2.10 bits per heavy atom. The first-order valence-electron chi connectivity index (χ1n) is 6.23. The first-order chi connectivity index (χ1) is 9.40. The molecule has 0 bridgehead atoms. The molecular formula is C14H17FN4O. The molecule has 1 heterocycles. The van der Waals surface area contributed by atoms with Crippen molar-refractivity contribution < 1.29 is 9.18 Å². The van der Waals surface area contributed by atoms with Gasteiger partial charge in [-0.3, -0.25) is 4.79 Å². The summed E-state index contributed by atoms with van der Waals surface area (Å²) >= 11 is 0. The molecule has 0 unspecified atom stereocenters. The van der Waals surface area contributed by atoms with E-state index in [2.05, 4.69) is 5.10 Å². The fourth-order valence-corrected chi connectivity index (χ4v) is 1.79. The van der Waals surface area contributed by atoms with Crippen LogP contribution in [0.5, 0.6) is 0 Å². The highest BCUT2D eigenvalue weighted by Gasteiger charge is 2.14. The molecule has 0 spiro atoms. The second kappa shape index (κ2) is 5.42. The number of nitrogens with zero attached hydrogens (tertiary/aromatic N) is 3. The van der Waals surface area contributed by atoms with Crippen molar-refractivity contribution in [2.24, 2.45) is 5.73 Å². The minimum atomic E-state index is -0.424. The van der Waals surface area contributed by atoms with Crippen LogP contribution in [0, 0.1) is 5.82 Å². The lowest BCUT2D eigenvalue weighted by Crippen LogP contribution is -2.22. The van der Waals surface area contributed by atoms with E-state index in [1.54, 1.807) is 45.4 Å². The maximum Gasteiger partial charge on any atom is 0.273 e. The van der Waals surface area contributed by atoms with Crippen molar-refractivity contribution in [1.29, 1.82) is 0 Å². The zero-order valence-electron chi connectivity index (χ0n) is 11.7. The van der Waals surface area contributed by atoms with Gasteiger partial charge in [-0.05, 0) is 30.7 Å². The van der Waals surface area contributed by atoms with Gasteiger partial charge in [0.05, 0.1) is 0 Å². The lowest BCUT2D eigenvalue weighted by molar-refractivity contribution is 0.0821. The lowest BCUT2D eigenvalue weighted by Gasteiger charge is -2.09. The second-order valence-corrected chi connectivity index (χ2v) is 4.84. The van der Waals surface area contributed by atoms with Crippen LogP contribution in [0.1, 0.15) is 29.0 Å². The molecule has 0 aliphatic heterocycles. The molecule has 6 heteroatoms. The van der Waals surface area contributed by atoms with E-state index in [1.165, 1.54) is 15.6 Å². The standard InChI is InChI=1S/C14H17FN4O/c1-9(16)10-4-5-13(11(15)8-10)19-7-6-12(17-19)14(20)18(2)3/h4-9H,16H2,1-3H3/t9-/m0/s1. The van der Waals surface area contributed by atoms with Gasteiger partial charge in [0.2, 0.25) is 0 Å². The summed E-state index contributed by atoms with van der Waals surface area (Å²) in [5.41, 5.74) is 6.97. The lowest BCUT2D eigenvalue weighted by atomic mass is 10.1. The number of hydrogen-bond acceptors (Lipinski definition) is 3. The molecule has 2 rings (SSSR count). The van der Waals surface area contributed by atoms with Gasteiger partial charge in [0.25, 0.3) is 5.91 Å². The monoisotopic (exact) mass is 276 g/mol. The predicted molar refractivity (Wildman–Crippen MR) is 74.1 cm³/mol. The molecule has 1 aromatic heterocycles. The highest BCUT2D eigenvalue weighted by Crippen LogP contribution is 2.18. The molecule has 2 N–H and O–H groups in total. The van der Waals surface area contributed by atoms with E-state index in [-0.39, 0.29) is 23.3 Å². The molecule has 0 aliphatic carbocycles. The predicted octanol–water partition coefficient (Wildman–Crippen LogP) is 1.73. The van der Waals surface area contributed by atoms with Crippen LogP contribution in [0.4, 0.5) is 4.39 Å². The number of aromatic nitrogens is 2. The SMILES string of the molecule is C[C@H](N)c1ccc(-n2ccc(C(=O)N(C)C)n2)c(F)c1. The third-order valence-corrected chi connectivity index (χ3v) is 2.96. The average Bonchev–Trinajstić information content (AvgIpc) is 2.86. The number of carbonyl (C=O) groups excluding carboxylic acids is 1. The van der Waals surface area contributed by atoms with Crippen LogP contribution in [0.2, 0.25) is 0 Å². The summed E-state index contributed by atoms with van der Waals surface area (Å²) < 4.78 is 15.4. The topological polar surface area (TPSA) is 64.2 Å². The summed E-state index contributed by atoms with van der Waals surface area (Å²) in [6.07, 6.45) is 1.56. The Labute approximate surface area is 116 Å². The third-order valence-electron chi connectivity index (χ3n) is 2.96. The Balaban J connectivity index is 2.35. The Kier molecular flexibility index (Phi) is 3.85. The number of amides is 1. The largest absolute Gasteiger partial charge is 0.343 e. The number of rotatable bonds is 3. The van der Waals surface area contributed by atoms with E-state index < -0.39 is 5.82 Å². The first-order valence-corrected chi connectivity index (χ1v) is 6.23. The van der Waals surface area contributed by atoms with E-state index in [9.17, 15) is 9.18 Å². The molecule has 1 atom stereocenters. The summed E-state index contributed by atoms with van der Waals surface area (Å²) in [6.45, 7) is 1.79. The molecule has 0 radical (unpaired) electrons. The van der Waals surface area contributed by atoms with Crippen molar-refractivity contribution in [3.05, 3.63) is 47.5 Å². The van der Waals surface area contributed by atoms with Gasteiger partial charge in [0, 0.05) is 26.3 Å². The molecule has 20 heavy (non-hydrogen) atoms. The van der Waals surface area contributed by atoms with Crippen LogP contribution in [0.25, 0.3) is 5.69 Å². The molecule has 0 fully saturated rings. The molecule has 1 aromatic carbocycles. The summed E-state index contributed by atoms with van der Waals surface area (Å²) in [4.78, 5) is 13.2. The Morgan fingerprint density at radius 3 is 2.65 bits per heavy atom. The van der Waals surface area contributed by atoms with Crippen LogP contribution >= 0.6 is 0 Å². The summed E-state index contributed by atoms with van der Waals surface area (Å²) in [5.74, 6) is -0.650. The van der Waals surface area contributed by atoms with Gasteiger partial charge < -0.3 is 10.6 Å². The van der Waals surface area contributed by atoms with Crippen molar-refractivity contribution in [2.45, 2.75) is 13.0 Å². The molecule has 0 saturated carbocycles. The highest BCUT2D eigenvalue weighted by atomic mass is 19.1. The fourth-order valence-electron chi connectivity index (χ4n) is 1.79. The zero-order valence-corrected chi connectivity index (χ0v) is 11.7. The molecule has 1 amide bonds. The molecule has 0 saturated heterocycles. The van der Waals surface area contributed by atoms with Crippen LogP contribution < -0.4 is 5.73 Å². The van der Waals surface area contributed by atoms with Gasteiger partial charge in [-0.2, -0.15) is 5.10 Å². The van der Waals surface area contributed by atoms with Gasteiger partial charge in [-0.1, -0.05) is 6.07 Å². The van der Waals surface area contributed by atoms with E-state index in [1.807, 2.05) is 0 Å². The number of benzene rings is 1. The maximum atomic E-state index is 14.1. The first kappa shape index (κ1) is 14.2. The van der Waals surface area contributed by atoms with E-state index in [0.717, 1.165) is 0 Å². The molecule has 2 aromatic rings. The van der Waals surface area contributed by atoms with Crippen LogP contribution in [-0.4, -0.2) is 34.7 Å². The molecule has 5 nitrogen and oxygen atoms in total. The van der Waals surface area contributed by atoms with Gasteiger partial charge >= 0.3 is 0 Å². The van der Waals surface area contributed by atoms with Crippen LogP contribution in [0.15, 0.2) is 30.5 Å². The molecule has 106 valence electrons. The van der Waals surface area contributed by atoms with Crippen molar-refractivity contribution in [2.75, 3.05) is 14.1 Å². The van der Waals surface area contributed by atoms with Crippen LogP contribution in [-0.2, 0) is 0 Å². The fraction of sp³-hybridized carbons (Fsp3) is 0.286. The third kappa shape index (κ3) is 2.70. The second-order valence-electron chi connectivity index (χ2n) is 4.84. The Hall–Kier alpha value is -2.21. The summed E-state index contributed by atoms with van der Waals surface area (Å²) in [7, 11) is 3.28. The smallest absolute Gasteiger partial charge is 0.273 e. The van der Waals surface area contributed by atoms with Crippen LogP contribution in [0.3, 0.4) is 0 Å². The van der Waals surface area contributed by atoms with Crippen molar-refractivity contribution in [1.82, 2.24) is 14.7 Å². The van der Waals surface area contributed by atoms with Gasteiger partial charge in [-0.15, -0.1) is 0 Å². The minimum absolute atomic E-state index is 0.226. The Morgan fingerprint density at radius 1 is 1.40 bits per heavy atom. The summed E-state index contributed by atoms with van der Waals surface area (Å²) in [6, 6.07) is 6.06. The number of hydrogen-bond donors (Lipinski definition) is 1. The number of halogens is 1. The van der Waals surface area contributed by atoms with Gasteiger partial charge in [0.15, 0.2) is 5.69 Å². The van der Waals surface area contributed by atoms with E-state index in [0.29, 0.717) is 5.56 Å². The number of nitrogens with two attached hydrogens (primary N) is 1. The molecular weight excluding hydrogens is 259 g/mol. The van der Waals surface area contributed by atoms with Crippen molar-refractivity contribution >= 4 is 5.91 Å². The summed E-state index contributed by atoms with van der Waals surface area (Å²) in [5, 5.41) is 4.09. The van der Waals surface area contributed by atoms with E-state index >= 15 is 0 Å².